The molecule has 0 saturated carbocycles. The van der Waals surface area contributed by atoms with Gasteiger partial charge in [0.25, 0.3) is 0 Å². The van der Waals surface area contributed by atoms with Gasteiger partial charge in [0.1, 0.15) is 11.1 Å². The first-order valence-corrected chi connectivity index (χ1v) is 12.9. The van der Waals surface area contributed by atoms with E-state index < -0.39 is 0 Å². The molecule has 0 bridgehead atoms. The van der Waals surface area contributed by atoms with E-state index in [9.17, 15) is 0 Å². The average molecular weight is 482 g/mol. The maximum atomic E-state index is 5.99. The molecule has 0 unspecified atom stereocenters. The Morgan fingerprint density at radius 2 is 1.57 bits per heavy atom. The van der Waals surface area contributed by atoms with E-state index in [0.29, 0.717) is 0 Å². The molecule has 0 amide bonds. The maximum absolute atomic E-state index is 5.99. The number of aromatic nitrogens is 2. The number of fused-ring (bicyclic) bond motifs is 6. The second-order valence-corrected chi connectivity index (χ2v) is 9.59. The Kier molecular flexibility index (Phi) is 5.17. The van der Waals surface area contributed by atoms with Gasteiger partial charge in [-0.15, -0.1) is 0 Å². The third-order valence-corrected chi connectivity index (χ3v) is 7.19. The minimum absolute atomic E-state index is 0.826. The number of nitrogens with zero attached hydrogens (tertiary/aromatic N) is 3. The minimum atomic E-state index is 0.826. The minimum Gasteiger partial charge on any atom is -0.454 e. The van der Waals surface area contributed by atoms with Gasteiger partial charge in [0.05, 0.1) is 11.0 Å². The number of benzene rings is 4. The molecule has 7 rings (SSSR count). The number of hydrogen-bond acceptors (Lipinski definition) is 3. The molecule has 0 radical (unpaired) electrons. The van der Waals surface area contributed by atoms with Crippen LogP contribution in [0.25, 0.3) is 49.6 Å². The van der Waals surface area contributed by atoms with Crippen LogP contribution in [0.3, 0.4) is 0 Å². The van der Waals surface area contributed by atoms with Crippen LogP contribution in [0.15, 0.2) is 114 Å². The molecule has 4 heteroatoms. The fraction of sp³-hybridized carbons (Fsp3) is 0.121. The highest BCUT2D eigenvalue weighted by Gasteiger charge is 2.15. The molecule has 0 saturated heterocycles. The summed E-state index contributed by atoms with van der Waals surface area (Å²) >= 11 is 0. The van der Waals surface area contributed by atoms with Crippen LogP contribution in [0.2, 0.25) is 0 Å². The van der Waals surface area contributed by atoms with E-state index in [1.807, 2.05) is 18.3 Å². The van der Waals surface area contributed by atoms with Crippen molar-refractivity contribution in [3.05, 3.63) is 115 Å². The largest absolute Gasteiger partial charge is 0.454 e. The lowest BCUT2D eigenvalue weighted by molar-refractivity contribution is 0.668. The Hall–Kier alpha value is -4.57. The van der Waals surface area contributed by atoms with Crippen molar-refractivity contribution < 1.29 is 4.42 Å². The third kappa shape index (κ3) is 3.64. The van der Waals surface area contributed by atoms with Crippen molar-refractivity contribution in [1.29, 1.82) is 0 Å². The summed E-state index contributed by atoms with van der Waals surface area (Å²) in [6, 6.07) is 36.6. The molecular weight excluding hydrogens is 454 g/mol. The van der Waals surface area contributed by atoms with Crippen molar-refractivity contribution in [1.82, 2.24) is 9.55 Å². The van der Waals surface area contributed by atoms with Gasteiger partial charge in [-0.3, -0.25) is 4.98 Å². The summed E-state index contributed by atoms with van der Waals surface area (Å²) in [4.78, 5) is 7.04. The van der Waals surface area contributed by atoms with Crippen molar-refractivity contribution in [2.45, 2.75) is 19.9 Å². The number of rotatable bonds is 6. The van der Waals surface area contributed by atoms with Gasteiger partial charge >= 0.3 is 0 Å². The van der Waals surface area contributed by atoms with Crippen LogP contribution in [0, 0.1) is 0 Å². The molecule has 4 nitrogen and oxygen atoms in total. The van der Waals surface area contributed by atoms with E-state index in [0.717, 1.165) is 41.6 Å². The van der Waals surface area contributed by atoms with Crippen LogP contribution in [-0.2, 0) is 6.54 Å². The summed E-state index contributed by atoms with van der Waals surface area (Å²) in [5.41, 5.74) is 8.77. The van der Waals surface area contributed by atoms with E-state index in [2.05, 4.69) is 112 Å². The molecule has 0 N–H and O–H groups in total. The molecule has 7 aromatic rings. The third-order valence-electron chi connectivity index (χ3n) is 7.19. The zero-order valence-corrected chi connectivity index (χ0v) is 20.8. The first-order chi connectivity index (χ1) is 18.3. The highest BCUT2D eigenvalue weighted by Crippen LogP contribution is 2.35. The number of anilines is 1. The highest BCUT2D eigenvalue weighted by atomic mass is 16.3. The average Bonchev–Trinajstić information content (AvgIpc) is 3.48. The molecule has 0 atom stereocenters. The molecule has 3 aromatic heterocycles. The van der Waals surface area contributed by atoms with Crippen LogP contribution in [-0.4, -0.2) is 16.1 Å². The summed E-state index contributed by atoms with van der Waals surface area (Å²) in [7, 11) is 0. The SMILES string of the molecule is CCCN(Cc1ccc2oc3cccnc3c2c1)c1ccc2c(c1)c1ccccc1n2-c1ccccc1. The van der Waals surface area contributed by atoms with Crippen molar-refractivity contribution in [2.75, 3.05) is 11.4 Å². The number of para-hydroxylation sites is 2. The molecule has 4 aromatic carbocycles. The molecule has 0 spiro atoms. The van der Waals surface area contributed by atoms with Gasteiger partial charge < -0.3 is 13.9 Å². The molecule has 180 valence electrons. The van der Waals surface area contributed by atoms with E-state index in [4.69, 9.17) is 4.42 Å². The quantitative estimate of drug-likeness (QED) is 0.239. The molecule has 3 heterocycles. The molecule has 0 aliphatic heterocycles. The molecule has 0 aliphatic rings. The lowest BCUT2D eigenvalue weighted by Crippen LogP contribution is -2.23. The van der Waals surface area contributed by atoms with Crippen molar-refractivity contribution in [2.24, 2.45) is 0 Å². The number of furan rings is 1. The van der Waals surface area contributed by atoms with Gasteiger partial charge in [0.2, 0.25) is 0 Å². The maximum Gasteiger partial charge on any atom is 0.153 e. The Morgan fingerprint density at radius 3 is 2.46 bits per heavy atom. The molecular formula is C33H27N3O. The van der Waals surface area contributed by atoms with Crippen LogP contribution >= 0.6 is 0 Å². The smallest absolute Gasteiger partial charge is 0.153 e. The monoisotopic (exact) mass is 481 g/mol. The predicted molar refractivity (Wildman–Crippen MR) is 154 cm³/mol. The summed E-state index contributed by atoms with van der Waals surface area (Å²) in [5.74, 6) is 0. The van der Waals surface area contributed by atoms with Crippen LogP contribution in [0.1, 0.15) is 18.9 Å². The number of pyridine rings is 1. The van der Waals surface area contributed by atoms with E-state index >= 15 is 0 Å². The van der Waals surface area contributed by atoms with Gasteiger partial charge in [-0.2, -0.15) is 0 Å². The zero-order chi connectivity index (χ0) is 24.8. The first kappa shape index (κ1) is 21.7. The summed E-state index contributed by atoms with van der Waals surface area (Å²) in [6.07, 6.45) is 2.90. The standard InChI is InChI=1S/C33H27N3O/c1-2-19-35(22-23-14-17-31-28(20-23)33-32(37-31)13-8-18-34-33)25-15-16-30-27(21-25)26-11-6-7-12-29(26)36(30)24-9-4-3-5-10-24/h3-18,20-21H,2,19,22H2,1H3. The van der Waals surface area contributed by atoms with Crippen molar-refractivity contribution >= 4 is 49.6 Å². The van der Waals surface area contributed by atoms with Crippen molar-refractivity contribution in [3.63, 3.8) is 0 Å². The lowest BCUT2D eigenvalue weighted by atomic mass is 10.1. The first-order valence-electron chi connectivity index (χ1n) is 12.9. The molecule has 0 fully saturated rings. The fourth-order valence-corrected chi connectivity index (χ4v) is 5.55. The molecule has 37 heavy (non-hydrogen) atoms. The Balaban J connectivity index is 1.33. The highest BCUT2D eigenvalue weighted by molar-refractivity contribution is 6.10. The number of hydrogen-bond donors (Lipinski definition) is 0. The van der Waals surface area contributed by atoms with Crippen LogP contribution in [0.5, 0.6) is 0 Å². The van der Waals surface area contributed by atoms with Gasteiger partial charge in [-0.25, -0.2) is 0 Å². The predicted octanol–water partition coefficient (Wildman–Crippen LogP) is 8.49. The second kappa shape index (κ2) is 8.82. The van der Waals surface area contributed by atoms with Crippen LogP contribution < -0.4 is 4.90 Å². The summed E-state index contributed by atoms with van der Waals surface area (Å²) in [6.45, 7) is 4.04. The van der Waals surface area contributed by atoms with Gasteiger partial charge in [-0.05, 0) is 72.6 Å². The summed E-state index contributed by atoms with van der Waals surface area (Å²) < 4.78 is 8.36. The Morgan fingerprint density at radius 1 is 0.730 bits per heavy atom. The van der Waals surface area contributed by atoms with Gasteiger partial charge in [-0.1, -0.05) is 49.4 Å². The fourth-order valence-electron chi connectivity index (χ4n) is 5.55. The normalized spacial score (nSPS) is 11.7. The Labute approximate surface area is 215 Å². The van der Waals surface area contributed by atoms with Crippen molar-refractivity contribution in [3.8, 4) is 5.69 Å². The van der Waals surface area contributed by atoms with Crippen LogP contribution in [0.4, 0.5) is 5.69 Å². The van der Waals surface area contributed by atoms with E-state index in [1.165, 1.54) is 38.7 Å². The second-order valence-electron chi connectivity index (χ2n) is 9.59. The lowest BCUT2D eigenvalue weighted by Gasteiger charge is -2.25. The Bertz CT molecular complexity index is 1880. The van der Waals surface area contributed by atoms with Gasteiger partial charge in [0, 0.05) is 46.8 Å². The van der Waals surface area contributed by atoms with E-state index in [1.54, 1.807) is 0 Å². The summed E-state index contributed by atoms with van der Waals surface area (Å²) in [5, 5.41) is 3.63. The zero-order valence-electron chi connectivity index (χ0n) is 20.8. The molecule has 0 aliphatic carbocycles. The van der Waals surface area contributed by atoms with Gasteiger partial charge in [0.15, 0.2) is 5.58 Å². The topological polar surface area (TPSA) is 34.2 Å². The van der Waals surface area contributed by atoms with E-state index in [-0.39, 0.29) is 0 Å².